The number of hydrazine groups is 3. The first kappa shape index (κ1) is 82.9. The fraction of sp³-hybridized carbons (Fsp3) is 0.474. The van der Waals surface area contributed by atoms with Gasteiger partial charge in [-0.1, -0.05) is 17.2 Å². The first-order chi connectivity index (χ1) is 44.8. The molecule has 0 unspecified atom stereocenters. The number of aryl methyl sites for hydroxylation is 3. The number of amides is 6. The van der Waals surface area contributed by atoms with Crippen molar-refractivity contribution in [1.82, 2.24) is 60.5 Å². The number of ether oxygens (including phenoxy) is 6. The number of aliphatic hydroxyl groups is 1. The van der Waals surface area contributed by atoms with Crippen LogP contribution in [-0.2, 0) is 82.5 Å². The van der Waals surface area contributed by atoms with E-state index in [0.29, 0.717) is 90.3 Å². The molecule has 2 aromatic heterocycles. The smallest absolute Gasteiger partial charge is 0.416 e. The predicted molar refractivity (Wildman–Crippen MR) is 329 cm³/mol. The van der Waals surface area contributed by atoms with Crippen molar-refractivity contribution in [3.05, 3.63) is 83.5 Å². The van der Waals surface area contributed by atoms with Crippen LogP contribution in [0.3, 0.4) is 0 Å². The van der Waals surface area contributed by atoms with Gasteiger partial charge in [0.25, 0.3) is 5.91 Å². The minimum absolute atomic E-state index is 0.0826. The highest BCUT2D eigenvalue weighted by molar-refractivity contribution is 6.80. The van der Waals surface area contributed by atoms with Crippen molar-refractivity contribution >= 4 is 82.6 Å². The van der Waals surface area contributed by atoms with Crippen molar-refractivity contribution < 1.29 is 99.8 Å². The number of alkyl halides is 3. The molecule has 8 rings (SSSR count). The van der Waals surface area contributed by atoms with Gasteiger partial charge >= 0.3 is 58.9 Å². The number of carbonyl (C=O) groups excluding carboxylic acids is 9. The monoisotopic (exact) mass is 1360 g/mol. The summed E-state index contributed by atoms with van der Waals surface area (Å²) in [5.41, 5.74) is 9.00. The van der Waals surface area contributed by atoms with Gasteiger partial charge in [-0.2, -0.15) is 13.2 Å². The summed E-state index contributed by atoms with van der Waals surface area (Å²) in [5.74, 6) is 6.30. The molecule has 0 aliphatic carbocycles. The summed E-state index contributed by atoms with van der Waals surface area (Å²) in [7, 11) is 0. The number of nitrogens with zero attached hydrogens (tertiary/aromatic N) is 9. The lowest BCUT2D eigenvalue weighted by Crippen LogP contribution is -2.52. The lowest BCUT2D eigenvalue weighted by atomic mass is 10.1. The molecule has 520 valence electrons. The molecular weight excluding hydrogens is 1280 g/mol. The number of carboxylic acids is 1. The summed E-state index contributed by atoms with van der Waals surface area (Å²) in [6.07, 6.45) is 6.70. The van der Waals surface area contributed by atoms with Gasteiger partial charge in [0.05, 0.1) is 58.4 Å². The number of carboxylic acid groups (broad SMARTS) is 1. The Hall–Kier alpha value is -9.14. The maximum absolute atomic E-state index is 12.8. The molecule has 0 saturated carbocycles. The predicted octanol–water partition coefficient (Wildman–Crippen LogP) is 0.429. The van der Waals surface area contributed by atoms with E-state index in [1.165, 1.54) is 69.6 Å². The van der Waals surface area contributed by atoms with Gasteiger partial charge in [-0.3, -0.25) is 61.5 Å². The summed E-state index contributed by atoms with van der Waals surface area (Å²) in [6.45, 7) is 18.4. The third-order valence-electron chi connectivity index (χ3n) is 11.6. The van der Waals surface area contributed by atoms with Gasteiger partial charge in [0.2, 0.25) is 0 Å². The fourth-order valence-electron chi connectivity index (χ4n) is 7.48. The SMILES string of the molecule is C1CCOCC1.CCO.CCOC(=O)C(=O)Cl.CCOC(=O)C(=O)N1CCOCC1.Cc1cc(-c2ncn(/C=C\C(=O)O)n2)cc(C(F)(F)F)c1.Cc1cc(C)cc(-c2ncn(/C=C\C(=O)NNC(=O)C(=O)N3CCOCC3)n2)c1.NN.NNC(=O)C(=O)N1CCOCC1. The summed E-state index contributed by atoms with van der Waals surface area (Å²) < 4.78 is 69.8. The number of morpholine rings is 3. The number of halogens is 4. The number of nitrogens with one attached hydrogen (secondary N) is 3. The zero-order chi connectivity index (χ0) is 70.6. The van der Waals surface area contributed by atoms with Gasteiger partial charge in [0, 0.05) is 94.8 Å². The van der Waals surface area contributed by atoms with Crippen LogP contribution in [0.5, 0.6) is 0 Å². The zero-order valence-corrected chi connectivity index (χ0v) is 53.5. The van der Waals surface area contributed by atoms with Crippen LogP contribution in [0, 0.1) is 20.8 Å². The first-order valence-corrected chi connectivity index (χ1v) is 29.1. The molecule has 0 atom stereocenters. The minimum Gasteiger partial charge on any atom is -0.478 e. The average molecular weight is 1360 g/mol. The number of benzene rings is 2. The molecule has 6 heterocycles. The molecule has 4 saturated heterocycles. The quantitative estimate of drug-likeness (QED) is 0.0214. The van der Waals surface area contributed by atoms with E-state index in [4.69, 9.17) is 46.6 Å². The van der Waals surface area contributed by atoms with Crippen LogP contribution in [0.15, 0.2) is 61.2 Å². The van der Waals surface area contributed by atoms with E-state index in [-0.39, 0.29) is 31.2 Å². The lowest BCUT2D eigenvalue weighted by Gasteiger charge is -2.25. The Bertz CT molecular complexity index is 3060. The molecule has 4 fully saturated rings. The highest BCUT2D eigenvalue weighted by atomic mass is 35.5. The Morgan fingerprint density at radius 2 is 0.979 bits per heavy atom. The standard InChI is InChI=1S/C19H22N6O4.C13H10F3N3O2.C8H13NO4.C6H11N3O3.C5H10O.C4H5ClO3.C2H6O.H4N2/c1-13-9-14(2)11-15(10-13)17-20-12-25(23-17)4-3-16(26)21-22-18(27)19(28)24-5-7-29-8-6-24;1-8-4-9(6-10(5-8)13(14,15)16)12-17-7-19(18-12)3-2-11(20)21;1-2-13-8(11)7(10)9-3-5-12-6-4-9;7-8-5(10)6(11)9-1-3-12-4-2-9;1-2-4-6-5-3-1;1-2-8-4(7)3(5)6;1-2-3;1-2/h3-4,9-12H,5-8H2,1-2H3,(H,21,26)(H,22,27);2-7H,1H3,(H,20,21);2-6H2,1H3;1-4,7H2,(H,8,10);1-5H2;2H2,1H3;3H,2H2,1H3;1-2H2/b4-3-;3-2-;;;;;;. The molecule has 11 N–H and O–H groups in total. The Morgan fingerprint density at radius 3 is 1.35 bits per heavy atom. The van der Waals surface area contributed by atoms with E-state index >= 15 is 0 Å². The molecule has 33 nitrogen and oxygen atoms in total. The third-order valence-corrected chi connectivity index (χ3v) is 11.7. The van der Waals surface area contributed by atoms with Gasteiger partial charge in [-0.15, -0.1) is 10.2 Å². The number of aliphatic hydroxyl groups excluding tert-OH is 1. The highest BCUT2D eigenvalue weighted by Crippen LogP contribution is 2.32. The van der Waals surface area contributed by atoms with Gasteiger partial charge < -0.3 is 53.3 Å². The van der Waals surface area contributed by atoms with E-state index in [1.807, 2.05) is 26.0 Å². The highest BCUT2D eigenvalue weighted by Gasteiger charge is 2.32. The van der Waals surface area contributed by atoms with Crippen molar-refractivity contribution in [3.63, 3.8) is 0 Å². The topological polar surface area (TPSA) is 452 Å². The first-order valence-electron chi connectivity index (χ1n) is 28.7. The largest absolute Gasteiger partial charge is 0.478 e. The molecule has 6 amide bonds. The molecule has 2 aromatic carbocycles. The maximum atomic E-state index is 12.8. The maximum Gasteiger partial charge on any atom is 0.416 e. The molecule has 4 aliphatic heterocycles. The Labute approximate surface area is 543 Å². The molecule has 4 aromatic rings. The Morgan fingerprint density at radius 1 is 0.585 bits per heavy atom. The Balaban J connectivity index is 0.000000596. The molecule has 0 radical (unpaired) electrons. The lowest BCUT2D eigenvalue weighted by molar-refractivity contribution is -0.161. The number of nitrogens with two attached hydrogens (primary N) is 3. The van der Waals surface area contributed by atoms with Crippen molar-refractivity contribution in [2.45, 2.75) is 67.0 Å². The van der Waals surface area contributed by atoms with Crippen LogP contribution in [0.1, 0.15) is 62.3 Å². The second-order valence-corrected chi connectivity index (χ2v) is 19.2. The average Bonchev–Trinajstić information content (AvgIpc) is 1.84. The van der Waals surface area contributed by atoms with Crippen LogP contribution < -0.4 is 33.8 Å². The van der Waals surface area contributed by atoms with Gasteiger partial charge in [0.1, 0.15) is 12.7 Å². The molecule has 37 heteroatoms. The molecular formula is C57H81ClF3N15O18. The number of esters is 2. The third kappa shape index (κ3) is 34.0. The van der Waals surface area contributed by atoms with Crippen molar-refractivity contribution in [1.29, 1.82) is 0 Å². The van der Waals surface area contributed by atoms with Crippen molar-refractivity contribution in [2.24, 2.45) is 17.5 Å². The second kappa shape index (κ2) is 46.8. The number of aliphatic carboxylic acids is 1. The van der Waals surface area contributed by atoms with Crippen LogP contribution in [0.2, 0.25) is 0 Å². The number of carbonyl (C=O) groups is 10. The summed E-state index contributed by atoms with van der Waals surface area (Å²) in [6, 6.07) is 9.52. The normalized spacial score (nSPS) is 14.0. The summed E-state index contributed by atoms with van der Waals surface area (Å²) >= 11 is 4.69. The van der Waals surface area contributed by atoms with Crippen LogP contribution in [-0.4, -0.2) is 225 Å². The van der Waals surface area contributed by atoms with E-state index in [0.717, 1.165) is 59.0 Å². The van der Waals surface area contributed by atoms with E-state index in [2.05, 4.69) is 58.2 Å². The van der Waals surface area contributed by atoms with Gasteiger partial charge in [0.15, 0.2) is 11.6 Å². The van der Waals surface area contributed by atoms with E-state index in [1.54, 1.807) is 33.1 Å². The van der Waals surface area contributed by atoms with Crippen molar-refractivity contribution in [3.8, 4) is 22.8 Å². The zero-order valence-electron chi connectivity index (χ0n) is 52.8. The van der Waals surface area contributed by atoms with E-state index < -0.39 is 70.3 Å². The van der Waals surface area contributed by atoms with E-state index in [9.17, 15) is 61.1 Å². The molecule has 4 aliphatic rings. The molecule has 0 bridgehead atoms. The second-order valence-electron chi connectivity index (χ2n) is 18.9. The summed E-state index contributed by atoms with van der Waals surface area (Å²) in [5, 5.41) is 23.2. The van der Waals surface area contributed by atoms with Gasteiger partial charge in [-0.05, 0) is 108 Å². The number of aromatic nitrogens is 6. The van der Waals surface area contributed by atoms with Crippen LogP contribution >= 0.6 is 11.6 Å². The Kier molecular flexibility index (Phi) is 41.3. The number of hydrogen-bond acceptors (Lipinski definition) is 24. The number of hydrogen-bond donors (Lipinski definition) is 8. The van der Waals surface area contributed by atoms with Crippen LogP contribution in [0.4, 0.5) is 13.2 Å². The van der Waals surface area contributed by atoms with Crippen LogP contribution in [0.25, 0.3) is 35.2 Å². The van der Waals surface area contributed by atoms with Crippen molar-refractivity contribution in [2.75, 3.05) is 112 Å². The summed E-state index contributed by atoms with van der Waals surface area (Å²) in [4.78, 5) is 122. The number of rotatable bonds is 9. The van der Waals surface area contributed by atoms with Gasteiger partial charge in [-0.25, -0.2) is 39.6 Å². The fourth-order valence-corrected chi connectivity index (χ4v) is 7.53. The minimum atomic E-state index is -4.45. The molecule has 94 heavy (non-hydrogen) atoms. The molecule has 0 spiro atoms.